The highest BCUT2D eigenvalue weighted by atomic mass is 35.5. The Labute approximate surface area is 335 Å². The van der Waals surface area contributed by atoms with Crippen LogP contribution in [-0.2, 0) is 36.1 Å². The highest BCUT2D eigenvalue weighted by molar-refractivity contribution is 6.39. The maximum atomic E-state index is 13.7. The minimum Gasteiger partial charge on any atom is -0.481 e. The number of nitrogens with one attached hydrogen (secondary N) is 3. The molecule has 2 saturated carbocycles. The number of amides is 2. The first-order valence-corrected chi connectivity index (χ1v) is 20.0. The molecular weight excluding hydrogens is 755 g/mol. The second-order valence-corrected chi connectivity index (χ2v) is 16.6. The molecule has 56 heavy (non-hydrogen) atoms. The number of imidazole rings is 1. The Morgan fingerprint density at radius 2 is 1.88 bits per heavy atom. The average Bonchev–Trinajstić information content (AvgIpc) is 3.98. The van der Waals surface area contributed by atoms with Crippen LogP contribution in [0.5, 0.6) is 5.88 Å². The molecule has 5 heterocycles. The second-order valence-electron chi connectivity index (χ2n) is 15.9. The Kier molecular flexibility index (Phi) is 10.5. The van der Waals surface area contributed by atoms with Crippen LogP contribution in [0.1, 0.15) is 78.9 Å². The van der Waals surface area contributed by atoms with Crippen molar-refractivity contribution in [2.45, 2.75) is 76.9 Å². The van der Waals surface area contributed by atoms with Gasteiger partial charge in [0, 0.05) is 75.0 Å². The maximum Gasteiger partial charge on any atom is 0.309 e. The number of carboxylic acids is 1. The lowest BCUT2D eigenvalue weighted by atomic mass is 9.80. The Hall–Kier alpha value is -4.56. The van der Waals surface area contributed by atoms with E-state index in [1.54, 1.807) is 37.6 Å². The number of hydrogen-bond donors (Lipinski definition) is 4. The standard InChI is InChI=1S/C41H46Cl2N8O5/c1-50-31-22-51(19-16-40-12-14-41(23-40,15-13-40)39(54)55)18-11-29(31)47-36(50)37(53)48-30-5-3-4-27(33(30)42)35-34(43)26(10-17-45-35)28-8-6-24(38(49-28)56-2)20-44-21-25-7-9-32(52)46-25/h3-6,8,10,17,25,44H,7,9,11-16,18-23H2,1-2H3,(H,46,52)(H,48,53)(H,54,55)/t25-,40?,41?/m0/s1. The molecule has 3 aromatic heterocycles. The van der Waals surface area contributed by atoms with Gasteiger partial charge in [0.05, 0.1) is 51.0 Å². The van der Waals surface area contributed by atoms with Crippen molar-refractivity contribution < 1.29 is 24.2 Å². The summed E-state index contributed by atoms with van der Waals surface area (Å²) in [6.07, 6.45) is 9.12. The molecule has 1 saturated heterocycles. The summed E-state index contributed by atoms with van der Waals surface area (Å²) in [5, 5.41) is 19.8. The van der Waals surface area contributed by atoms with Gasteiger partial charge in [-0.25, -0.2) is 9.97 Å². The molecule has 2 bridgehead atoms. The van der Waals surface area contributed by atoms with E-state index in [0.29, 0.717) is 71.0 Å². The lowest BCUT2D eigenvalue weighted by Gasteiger charge is -2.32. The van der Waals surface area contributed by atoms with Gasteiger partial charge in [-0.15, -0.1) is 0 Å². The normalized spacial score (nSPS) is 22.9. The van der Waals surface area contributed by atoms with E-state index in [-0.39, 0.29) is 28.3 Å². The molecule has 4 aliphatic rings. The first-order valence-electron chi connectivity index (χ1n) is 19.3. The number of rotatable bonds is 13. The number of pyridine rings is 2. The van der Waals surface area contributed by atoms with Gasteiger partial charge in [0.25, 0.3) is 5.91 Å². The zero-order chi connectivity index (χ0) is 39.2. The number of carboxylic acid groups (broad SMARTS) is 1. The number of carbonyl (C=O) groups is 3. The molecule has 0 spiro atoms. The largest absolute Gasteiger partial charge is 0.481 e. The number of aromatic nitrogens is 4. The number of anilines is 1. The number of fused-ring (bicyclic) bond motifs is 3. The Morgan fingerprint density at radius 1 is 1.05 bits per heavy atom. The van der Waals surface area contributed by atoms with Crippen LogP contribution < -0.4 is 20.7 Å². The van der Waals surface area contributed by atoms with Gasteiger partial charge in [0.2, 0.25) is 11.8 Å². The molecule has 4 aromatic rings. The van der Waals surface area contributed by atoms with Gasteiger partial charge in [0.1, 0.15) is 0 Å². The SMILES string of the molecule is COc1nc(-c2ccnc(-c3cccc(NC(=O)c4nc5c(n4C)CN(CCC46CCC(C(=O)O)(CC4)C6)CC5)c3Cl)c2Cl)ccc1CNC[C@@H]1CCC(=O)N1. The van der Waals surface area contributed by atoms with Crippen molar-refractivity contribution in [1.29, 1.82) is 0 Å². The number of benzene rings is 1. The Bertz CT molecular complexity index is 2200. The zero-order valence-corrected chi connectivity index (χ0v) is 33.1. The molecule has 3 fully saturated rings. The summed E-state index contributed by atoms with van der Waals surface area (Å²) >= 11 is 14.0. The molecule has 13 nitrogen and oxygen atoms in total. The van der Waals surface area contributed by atoms with Crippen LogP contribution in [-0.4, -0.2) is 80.1 Å². The Balaban J connectivity index is 0.941. The van der Waals surface area contributed by atoms with Crippen molar-refractivity contribution >= 4 is 46.7 Å². The number of methoxy groups -OCH3 is 1. The van der Waals surface area contributed by atoms with Gasteiger partial charge in [0.15, 0.2) is 5.82 Å². The number of halogens is 2. The fourth-order valence-electron chi connectivity index (χ4n) is 9.25. The van der Waals surface area contributed by atoms with Crippen LogP contribution >= 0.6 is 23.2 Å². The van der Waals surface area contributed by atoms with Crippen molar-refractivity contribution in [1.82, 2.24) is 35.1 Å². The van der Waals surface area contributed by atoms with Crippen LogP contribution in [0.25, 0.3) is 22.5 Å². The minimum atomic E-state index is -0.627. The third kappa shape index (κ3) is 7.26. The summed E-state index contributed by atoms with van der Waals surface area (Å²) in [5.74, 6) is -0.160. The molecule has 4 N–H and O–H groups in total. The van der Waals surface area contributed by atoms with Crippen molar-refractivity contribution in [2.24, 2.45) is 17.9 Å². The molecule has 1 aromatic carbocycles. The summed E-state index contributed by atoms with van der Waals surface area (Å²) in [7, 11) is 3.44. The number of aliphatic carboxylic acids is 1. The highest BCUT2D eigenvalue weighted by Gasteiger charge is 2.57. The van der Waals surface area contributed by atoms with Crippen LogP contribution in [0.3, 0.4) is 0 Å². The van der Waals surface area contributed by atoms with E-state index in [2.05, 4.69) is 25.8 Å². The fourth-order valence-corrected chi connectivity index (χ4v) is 9.82. The molecule has 8 rings (SSSR count). The van der Waals surface area contributed by atoms with Gasteiger partial charge in [-0.05, 0) is 75.1 Å². The quantitative estimate of drug-likeness (QED) is 0.121. The van der Waals surface area contributed by atoms with Crippen LogP contribution in [0.15, 0.2) is 42.6 Å². The predicted molar refractivity (Wildman–Crippen MR) is 213 cm³/mol. The summed E-state index contributed by atoms with van der Waals surface area (Å²) < 4.78 is 7.50. The number of hydrogen-bond acceptors (Lipinski definition) is 9. The van der Waals surface area contributed by atoms with Gasteiger partial charge >= 0.3 is 5.97 Å². The van der Waals surface area contributed by atoms with E-state index in [1.165, 1.54) is 0 Å². The monoisotopic (exact) mass is 800 g/mol. The third-order valence-corrected chi connectivity index (χ3v) is 13.3. The smallest absolute Gasteiger partial charge is 0.309 e. The van der Waals surface area contributed by atoms with Gasteiger partial charge in [-0.3, -0.25) is 24.3 Å². The lowest BCUT2D eigenvalue weighted by Crippen LogP contribution is -2.35. The molecule has 2 aliphatic carbocycles. The fraction of sp³-hybridized carbons (Fsp3) is 0.463. The van der Waals surface area contributed by atoms with Crippen molar-refractivity contribution in [3.8, 4) is 28.4 Å². The summed E-state index contributed by atoms with van der Waals surface area (Å²) in [5.41, 5.74) is 5.04. The molecule has 2 amide bonds. The van der Waals surface area contributed by atoms with E-state index in [9.17, 15) is 19.5 Å². The molecule has 0 unspecified atom stereocenters. The van der Waals surface area contributed by atoms with Crippen molar-refractivity contribution in [3.05, 3.63) is 75.4 Å². The zero-order valence-electron chi connectivity index (χ0n) is 31.6. The summed E-state index contributed by atoms with van der Waals surface area (Å²) in [6.45, 7) is 3.60. The molecule has 15 heteroatoms. The summed E-state index contributed by atoms with van der Waals surface area (Å²) in [4.78, 5) is 53.7. The van der Waals surface area contributed by atoms with E-state index in [0.717, 1.165) is 81.4 Å². The number of ether oxygens (including phenoxy) is 1. The van der Waals surface area contributed by atoms with Crippen LogP contribution in [0.4, 0.5) is 5.69 Å². The van der Waals surface area contributed by atoms with Gasteiger partial charge < -0.3 is 30.4 Å². The molecule has 294 valence electrons. The topological polar surface area (TPSA) is 164 Å². The van der Waals surface area contributed by atoms with Crippen LogP contribution in [0, 0.1) is 10.8 Å². The highest BCUT2D eigenvalue weighted by Crippen LogP contribution is 2.63. The molecule has 2 aliphatic heterocycles. The van der Waals surface area contributed by atoms with Gasteiger partial charge in [-0.1, -0.05) is 41.4 Å². The van der Waals surface area contributed by atoms with E-state index < -0.39 is 11.4 Å². The first-order chi connectivity index (χ1) is 27.0. The average molecular weight is 802 g/mol. The molecule has 0 radical (unpaired) electrons. The molecular formula is C41H46Cl2N8O5. The third-order valence-electron chi connectivity index (χ3n) is 12.5. The van der Waals surface area contributed by atoms with Gasteiger partial charge in [-0.2, -0.15) is 0 Å². The molecule has 1 atom stereocenters. The number of carbonyl (C=O) groups excluding carboxylic acids is 2. The lowest BCUT2D eigenvalue weighted by molar-refractivity contribution is -0.148. The predicted octanol–water partition coefficient (Wildman–Crippen LogP) is 6.26. The maximum absolute atomic E-state index is 13.7. The minimum absolute atomic E-state index is 0.0830. The van der Waals surface area contributed by atoms with E-state index in [1.807, 2.05) is 23.7 Å². The summed E-state index contributed by atoms with van der Waals surface area (Å²) in [6, 6.07) is 11.0. The number of nitrogens with zero attached hydrogens (tertiary/aromatic N) is 5. The van der Waals surface area contributed by atoms with E-state index in [4.69, 9.17) is 37.9 Å². The van der Waals surface area contributed by atoms with Crippen LogP contribution in [0.2, 0.25) is 10.0 Å². The van der Waals surface area contributed by atoms with E-state index >= 15 is 0 Å². The second kappa shape index (κ2) is 15.4. The Morgan fingerprint density at radius 3 is 2.61 bits per heavy atom. The first kappa shape index (κ1) is 38.3. The van der Waals surface area contributed by atoms with Crippen molar-refractivity contribution in [2.75, 3.05) is 32.1 Å². The van der Waals surface area contributed by atoms with Crippen molar-refractivity contribution in [3.63, 3.8) is 0 Å².